The number of nitrogens with zero attached hydrogens (tertiary/aromatic N) is 2. The Morgan fingerprint density at radius 2 is 2.13 bits per heavy atom. The number of hydrogen-bond donors (Lipinski definition) is 1. The Hall–Kier alpha value is -0.830. The lowest BCUT2D eigenvalue weighted by atomic mass is 9.84. The van der Waals surface area contributed by atoms with Crippen LogP contribution in [0.15, 0.2) is 12.4 Å². The maximum atomic E-state index is 5.59. The van der Waals surface area contributed by atoms with Crippen molar-refractivity contribution in [2.75, 3.05) is 6.54 Å². The van der Waals surface area contributed by atoms with Gasteiger partial charge in [0.1, 0.15) is 0 Å². The van der Waals surface area contributed by atoms with E-state index in [1.807, 2.05) is 6.20 Å². The van der Waals surface area contributed by atoms with Crippen LogP contribution < -0.4 is 5.73 Å². The highest BCUT2D eigenvalue weighted by atomic mass is 15.3. The molecule has 3 heteroatoms. The minimum atomic E-state index is 0.632. The summed E-state index contributed by atoms with van der Waals surface area (Å²) in [6.07, 6.45) is 10.5. The highest BCUT2D eigenvalue weighted by Crippen LogP contribution is 2.33. The molecule has 15 heavy (non-hydrogen) atoms. The van der Waals surface area contributed by atoms with Crippen molar-refractivity contribution in [1.29, 1.82) is 0 Å². The lowest BCUT2D eigenvalue weighted by Gasteiger charge is -2.28. The van der Waals surface area contributed by atoms with E-state index in [9.17, 15) is 0 Å². The molecule has 0 aliphatic heterocycles. The highest BCUT2D eigenvalue weighted by Gasteiger charge is 2.21. The molecule has 0 saturated heterocycles. The summed E-state index contributed by atoms with van der Waals surface area (Å²) in [7, 11) is 0. The molecule has 0 aromatic carbocycles. The molecule has 1 aromatic rings. The third-order valence-electron chi connectivity index (χ3n) is 3.50. The van der Waals surface area contributed by atoms with Gasteiger partial charge in [0.2, 0.25) is 0 Å². The third kappa shape index (κ3) is 2.59. The van der Waals surface area contributed by atoms with E-state index >= 15 is 0 Å². The van der Waals surface area contributed by atoms with Crippen LogP contribution in [0.2, 0.25) is 0 Å². The summed E-state index contributed by atoms with van der Waals surface area (Å²) in [4.78, 5) is 0. The molecule has 1 aliphatic rings. The lowest BCUT2D eigenvalue weighted by molar-refractivity contribution is 0.253. The molecule has 0 amide bonds. The standard InChI is InChI=1S/C12H21N3/c1-10-8-14-15(9-10)12-4-2-11(3-5-12)6-7-13/h8-9,11-12H,2-7,13H2,1H3. The molecule has 1 heterocycles. The predicted molar refractivity (Wildman–Crippen MR) is 61.6 cm³/mol. The molecule has 0 spiro atoms. The quantitative estimate of drug-likeness (QED) is 0.826. The molecule has 0 unspecified atom stereocenters. The van der Waals surface area contributed by atoms with E-state index in [4.69, 9.17) is 5.73 Å². The molecule has 0 radical (unpaired) electrons. The Balaban J connectivity index is 1.88. The van der Waals surface area contributed by atoms with Crippen LogP contribution in [-0.2, 0) is 0 Å². The first kappa shape index (κ1) is 10.7. The van der Waals surface area contributed by atoms with Crippen LogP contribution in [0.3, 0.4) is 0 Å². The summed E-state index contributed by atoms with van der Waals surface area (Å²) < 4.78 is 2.15. The summed E-state index contributed by atoms with van der Waals surface area (Å²) in [6.45, 7) is 2.94. The Kier molecular flexibility index (Phi) is 3.41. The van der Waals surface area contributed by atoms with Crippen LogP contribution in [0.25, 0.3) is 0 Å². The minimum absolute atomic E-state index is 0.632. The highest BCUT2D eigenvalue weighted by molar-refractivity contribution is 5.00. The van der Waals surface area contributed by atoms with Gasteiger partial charge in [-0.05, 0) is 57.1 Å². The first-order valence-electron chi connectivity index (χ1n) is 6.00. The van der Waals surface area contributed by atoms with Gasteiger partial charge < -0.3 is 5.73 Å². The number of nitrogens with two attached hydrogens (primary N) is 1. The second-order valence-corrected chi connectivity index (χ2v) is 4.75. The first-order valence-corrected chi connectivity index (χ1v) is 6.00. The van der Waals surface area contributed by atoms with Crippen molar-refractivity contribution in [2.45, 2.75) is 45.1 Å². The molecule has 2 rings (SSSR count). The number of aromatic nitrogens is 2. The lowest BCUT2D eigenvalue weighted by Crippen LogP contribution is -2.20. The Morgan fingerprint density at radius 1 is 1.40 bits per heavy atom. The molecule has 0 atom stereocenters. The summed E-state index contributed by atoms with van der Waals surface area (Å²) in [5.41, 5.74) is 6.85. The number of hydrogen-bond acceptors (Lipinski definition) is 2. The van der Waals surface area contributed by atoms with Crippen LogP contribution in [-0.4, -0.2) is 16.3 Å². The summed E-state index contributed by atoms with van der Waals surface area (Å²) in [5.74, 6) is 0.864. The van der Waals surface area contributed by atoms with E-state index in [1.165, 1.54) is 37.7 Å². The summed E-state index contributed by atoms with van der Waals surface area (Å²) in [6, 6.07) is 0.632. The normalized spacial score (nSPS) is 26.8. The largest absolute Gasteiger partial charge is 0.330 e. The Bertz CT molecular complexity index is 298. The fraction of sp³-hybridized carbons (Fsp3) is 0.750. The third-order valence-corrected chi connectivity index (χ3v) is 3.50. The monoisotopic (exact) mass is 207 g/mol. The van der Waals surface area contributed by atoms with Gasteiger partial charge in [0.25, 0.3) is 0 Å². The van der Waals surface area contributed by atoms with Gasteiger partial charge in [-0.25, -0.2) is 0 Å². The van der Waals surface area contributed by atoms with E-state index < -0.39 is 0 Å². The van der Waals surface area contributed by atoms with Gasteiger partial charge in [-0.3, -0.25) is 4.68 Å². The van der Waals surface area contributed by atoms with Crippen molar-refractivity contribution in [1.82, 2.24) is 9.78 Å². The van der Waals surface area contributed by atoms with E-state index in [1.54, 1.807) is 0 Å². The summed E-state index contributed by atoms with van der Waals surface area (Å²) >= 11 is 0. The van der Waals surface area contributed by atoms with Crippen LogP contribution in [0.4, 0.5) is 0 Å². The molecule has 3 nitrogen and oxygen atoms in total. The zero-order chi connectivity index (χ0) is 10.7. The van der Waals surface area contributed by atoms with Gasteiger partial charge in [0.15, 0.2) is 0 Å². The zero-order valence-electron chi connectivity index (χ0n) is 9.52. The molecule has 84 valence electrons. The minimum Gasteiger partial charge on any atom is -0.330 e. The van der Waals surface area contributed by atoms with Crippen molar-refractivity contribution in [3.63, 3.8) is 0 Å². The molecular formula is C12H21N3. The molecule has 1 fully saturated rings. The second kappa shape index (κ2) is 4.79. The molecule has 1 aliphatic carbocycles. The predicted octanol–water partition coefficient (Wildman–Crippen LogP) is 2.27. The number of aryl methyl sites for hydroxylation is 1. The van der Waals surface area contributed by atoms with Crippen molar-refractivity contribution in [2.24, 2.45) is 11.7 Å². The SMILES string of the molecule is Cc1cnn(C2CCC(CCN)CC2)c1. The maximum Gasteiger partial charge on any atom is 0.0519 e. The van der Waals surface area contributed by atoms with Crippen LogP contribution in [0.1, 0.15) is 43.7 Å². The molecule has 2 N–H and O–H groups in total. The Labute approximate surface area is 91.7 Å². The average Bonchev–Trinajstić information content (AvgIpc) is 2.67. The first-order chi connectivity index (χ1) is 7.29. The Morgan fingerprint density at radius 3 is 2.67 bits per heavy atom. The van der Waals surface area contributed by atoms with Gasteiger partial charge >= 0.3 is 0 Å². The van der Waals surface area contributed by atoms with E-state index in [2.05, 4.69) is 22.9 Å². The number of rotatable bonds is 3. The van der Waals surface area contributed by atoms with Crippen LogP contribution in [0.5, 0.6) is 0 Å². The van der Waals surface area contributed by atoms with Gasteiger partial charge in [-0.15, -0.1) is 0 Å². The fourth-order valence-electron chi connectivity index (χ4n) is 2.57. The van der Waals surface area contributed by atoms with Crippen LogP contribution >= 0.6 is 0 Å². The zero-order valence-corrected chi connectivity index (χ0v) is 9.52. The topological polar surface area (TPSA) is 43.8 Å². The molecule has 0 bridgehead atoms. The van der Waals surface area contributed by atoms with Gasteiger partial charge in [0, 0.05) is 6.20 Å². The van der Waals surface area contributed by atoms with E-state index in [-0.39, 0.29) is 0 Å². The smallest absolute Gasteiger partial charge is 0.0519 e. The molecule has 1 saturated carbocycles. The van der Waals surface area contributed by atoms with Crippen LogP contribution in [0, 0.1) is 12.8 Å². The van der Waals surface area contributed by atoms with Crippen molar-refractivity contribution in [3.8, 4) is 0 Å². The van der Waals surface area contributed by atoms with Crippen molar-refractivity contribution in [3.05, 3.63) is 18.0 Å². The average molecular weight is 207 g/mol. The maximum absolute atomic E-state index is 5.59. The van der Waals surface area contributed by atoms with Crippen molar-refractivity contribution < 1.29 is 0 Å². The van der Waals surface area contributed by atoms with E-state index in [0.717, 1.165) is 12.5 Å². The van der Waals surface area contributed by atoms with E-state index in [0.29, 0.717) is 6.04 Å². The van der Waals surface area contributed by atoms with Gasteiger partial charge in [-0.1, -0.05) is 0 Å². The molecule has 1 aromatic heterocycles. The summed E-state index contributed by atoms with van der Waals surface area (Å²) in [5, 5.41) is 4.40. The van der Waals surface area contributed by atoms with Crippen molar-refractivity contribution >= 4 is 0 Å². The second-order valence-electron chi connectivity index (χ2n) is 4.75. The van der Waals surface area contributed by atoms with Gasteiger partial charge in [-0.2, -0.15) is 5.10 Å². The fourth-order valence-corrected chi connectivity index (χ4v) is 2.57. The van der Waals surface area contributed by atoms with Gasteiger partial charge in [0.05, 0.1) is 12.2 Å². The molecular weight excluding hydrogens is 186 g/mol.